The van der Waals surface area contributed by atoms with Gasteiger partial charge in [-0.2, -0.15) is 0 Å². The van der Waals surface area contributed by atoms with E-state index in [0.29, 0.717) is 17.7 Å². The van der Waals surface area contributed by atoms with Gasteiger partial charge in [0.15, 0.2) is 0 Å². The summed E-state index contributed by atoms with van der Waals surface area (Å²) in [5.41, 5.74) is 3.39. The summed E-state index contributed by atoms with van der Waals surface area (Å²) in [5, 5.41) is 17.5. The van der Waals surface area contributed by atoms with Crippen molar-refractivity contribution in [1.82, 2.24) is 10.6 Å². The SMILES string of the molecule is C#Cc1cccc(C2(NC[C@H](O)[C@H](Cc3cc(F)cc(F)c3)NC(=O)c3ccc(CCCOC)cc3)CC2)c1. The van der Waals surface area contributed by atoms with Gasteiger partial charge in [0.05, 0.1) is 12.1 Å². The minimum absolute atomic E-state index is 0.0535. The lowest BCUT2D eigenvalue weighted by atomic mass is 9.98. The van der Waals surface area contributed by atoms with Gasteiger partial charge in [-0.1, -0.05) is 30.2 Å². The summed E-state index contributed by atoms with van der Waals surface area (Å²) in [6.07, 6.45) is 8.07. The van der Waals surface area contributed by atoms with Gasteiger partial charge in [0.2, 0.25) is 0 Å². The van der Waals surface area contributed by atoms with Crippen LogP contribution in [0.4, 0.5) is 8.78 Å². The van der Waals surface area contributed by atoms with E-state index in [-0.39, 0.29) is 24.4 Å². The molecule has 0 bridgehead atoms. The number of rotatable bonds is 13. The van der Waals surface area contributed by atoms with Gasteiger partial charge in [-0.25, -0.2) is 8.78 Å². The van der Waals surface area contributed by atoms with E-state index in [0.717, 1.165) is 48.4 Å². The molecule has 204 valence electrons. The third kappa shape index (κ3) is 7.73. The quantitative estimate of drug-likeness (QED) is 0.224. The fourth-order valence-electron chi connectivity index (χ4n) is 4.80. The van der Waals surface area contributed by atoms with E-state index in [9.17, 15) is 18.7 Å². The van der Waals surface area contributed by atoms with Crippen LogP contribution in [0.3, 0.4) is 0 Å². The lowest BCUT2D eigenvalue weighted by Gasteiger charge is -2.27. The van der Waals surface area contributed by atoms with Crippen molar-refractivity contribution in [2.75, 3.05) is 20.3 Å². The number of hydrogen-bond donors (Lipinski definition) is 3. The molecule has 1 aliphatic rings. The molecule has 0 radical (unpaired) electrons. The minimum Gasteiger partial charge on any atom is -0.390 e. The lowest BCUT2D eigenvalue weighted by Crippen LogP contribution is -2.50. The molecular formula is C32H34F2N2O3. The molecule has 39 heavy (non-hydrogen) atoms. The van der Waals surface area contributed by atoms with Gasteiger partial charge in [0.25, 0.3) is 5.91 Å². The molecule has 0 unspecified atom stereocenters. The maximum Gasteiger partial charge on any atom is 0.251 e. The van der Waals surface area contributed by atoms with Crippen LogP contribution in [0.5, 0.6) is 0 Å². The number of aliphatic hydroxyl groups excluding tert-OH is 1. The molecule has 5 nitrogen and oxygen atoms in total. The van der Waals surface area contributed by atoms with Crippen molar-refractivity contribution in [1.29, 1.82) is 0 Å². The lowest BCUT2D eigenvalue weighted by molar-refractivity contribution is 0.0822. The van der Waals surface area contributed by atoms with E-state index in [1.54, 1.807) is 19.2 Å². The van der Waals surface area contributed by atoms with Crippen LogP contribution in [0.2, 0.25) is 0 Å². The van der Waals surface area contributed by atoms with E-state index in [2.05, 4.69) is 16.6 Å². The van der Waals surface area contributed by atoms with E-state index in [4.69, 9.17) is 11.2 Å². The molecule has 1 aliphatic carbocycles. The first-order valence-corrected chi connectivity index (χ1v) is 13.2. The van der Waals surface area contributed by atoms with Crippen LogP contribution in [-0.2, 0) is 23.1 Å². The van der Waals surface area contributed by atoms with Crippen LogP contribution in [0.25, 0.3) is 0 Å². The van der Waals surface area contributed by atoms with Crippen LogP contribution in [-0.4, -0.2) is 43.4 Å². The number of nitrogens with one attached hydrogen (secondary N) is 2. The Hall–Kier alpha value is -3.57. The summed E-state index contributed by atoms with van der Waals surface area (Å²) in [5.74, 6) is 0.853. The second-order valence-electron chi connectivity index (χ2n) is 10.1. The van der Waals surface area contributed by atoms with E-state index in [1.807, 2.05) is 36.4 Å². The van der Waals surface area contributed by atoms with Crippen molar-refractivity contribution in [3.63, 3.8) is 0 Å². The first kappa shape index (κ1) is 28.4. The van der Waals surface area contributed by atoms with Crippen molar-refractivity contribution < 1.29 is 23.4 Å². The summed E-state index contributed by atoms with van der Waals surface area (Å²) in [6, 6.07) is 17.4. The standard InChI is InChI=1S/C32H34F2N2O3/c1-3-22-6-4-8-26(16-22)32(13-14-32)35-21-30(37)29(19-24-17-27(33)20-28(34)18-24)36-31(38)25-11-9-23(10-12-25)7-5-15-39-2/h1,4,6,8-12,16-18,20,29-30,35,37H,5,7,13-15,19,21H2,2H3,(H,36,38)/t29-,30-/m0/s1. The zero-order valence-electron chi connectivity index (χ0n) is 22.1. The van der Waals surface area contributed by atoms with Crippen molar-refractivity contribution in [3.05, 3.63) is 106 Å². The van der Waals surface area contributed by atoms with Gasteiger partial charge >= 0.3 is 0 Å². The van der Waals surface area contributed by atoms with Gasteiger partial charge < -0.3 is 20.5 Å². The molecule has 7 heteroatoms. The summed E-state index contributed by atoms with van der Waals surface area (Å²) in [6.45, 7) is 0.828. The Morgan fingerprint density at radius 2 is 1.79 bits per heavy atom. The highest BCUT2D eigenvalue weighted by Gasteiger charge is 2.44. The molecule has 1 amide bonds. The Balaban J connectivity index is 1.47. The number of amides is 1. The number of carbonyl (C=O) groups excluding carboxylic acids is 1. The number of aliphatic hydroxyl groups is 1. The second-order valence-corrected chi connectivity index (χ2v) is 10.1. The zero-order chi connectivity index (χ0) is 27.8. The summed E-state index contributed by atoms with van der Waals surface area (Å²) in [7, 11) is 1.66. The number of aryl methyl sites for hydroxylation is 1. The van der Waals surface area contributed by atoms with Crippen molar-refractivity contribution in [2.45, 2.75) is 49.8 Å². The predicted octanol–water partition coefficient (Wildman–Crippen LogP) is 4.51. The number of methoxy groups -OCH3 is 1. The third-order valence-electron chi connectivity index (χ3n) is 7.17. The van der Waals surface area contributed by atoms with Crippen LogP contribution in [0.1, 0.15) is 51.9 Å². The second kappa shape index (κ2) is 13.0. The van der Waals surface area contributed by atoms with E-state index < -0.39 is 23.8 Å². The molecule has 3 aromatic rings. The monoisotopic (exact) mass is 532 g/mol. The van der Waals surface area contributed by atoms with Gasteiger partial charge in [-0.15, -0.1) is 6.42 Å². The number of terminal acetylenes is 1. The van der Waals surface area contributed by atoms with Gasteiger partial charge in [0.1, 0.15) is 11.6 Å². The molecular weight excluding hydrogens is 498 g/mol. The van der Waals surface area contributed by atoms with Crippen LogP contribution < -0.4 is 10.6 Å². The topological polar surface area (TPSA) is 70.6 Å². The summed E-state index contributed by atoms with van der Waals surface area (Å²) in [4.78, 5) is 13.1. The molecule has 0 saturated heterocycles. The number of halogens is 2. The largest absolute Gasteiger partial charge is 0.390 e. The third-order valence-corrected chi connectivity index (χ3v) is 7.17. The van der Waals surface area contributed by atoms with Crippen molar-refractivity contribution in [2.24, 2.45) is 0 Å². The molecule has 3 aromatic carbocycles. The summed E-state index contributed by atoms with van der Waals surface area (Å²) >= 11 is 0. The fraction of sp³-hybridized carbons (Fsp3) is 0.344. The highest BCUT2D eigenvalue weighted by atomic mass is 19.1. The van der Waals surface area contributed by atoms with Crippen LogP contribution >= 0.6 is 0 Å². The Labute approximate surface area is 228 Å². The van der Waals surface area contributed by atoms with Crippen molar-refractivity contribution in [3.8, 4) is 12.3 Å². The molecule has 4 rings (SSSR count). The number of benzene rings is 3. The van der Waals surface area contributed by atoms with Gasteiger partial charge in [0, 0.05) is 43.0 Å². The molecule has 0 aliphatic heterocycles. The number of hydrogen-bond acceptors (Lipinski definition) is 4. The van der Waals surface area contributed by atoms with Crippen LogP contribution in [0, 0.1) is 24.0 Å². The molecule has 1 fully saturated rings. The highest BCUT2D eigenvalue weighted by molar-refractivity contribution is 5.94. The molecule has 2 atom stereocenters. The normalized spacial score (nSPS) is 15.3. The highest BCUT2D eigenvalue weighted by Crippen LogP contribution is 2.45. The fourth-order valence-corrected chi connectivity index (χ4v) is 4.80. The maximum atomic E-state index is 13.9. The predicted molar refractivity (Wildman–Crippen MR) is 147 cm³/mol. The molecule has 3 N–H and O–H groups in total. The average Bonchev–Trinajstić information content (AvgIpc) is 3.72. The van der Waals surface area contributed by atoms with Crippen molar-refractivity contribution >= 4 is 5.91 Å². The Bertz CT molecular complexity index is 1300. The summed E-state index contributed by atoms with van der Waals surface area (Å²) < 4.78 is 32.9. The Morgan fingerprint density at radius 3 is 2.44 bits per heavy atom. The Morgan fingerprint density at radius 1 is 1.08 bits per heavy atom. The van der Waals surface area contributed by atoms with E-state index >= 15 is 0 Å². The molecule has 0 spiro atoms. The first-order valence-electron chi connectivity index (χ1n) is 13.2. The van der Waals surface area contributed by atoms with E-state index in [1.165, 1.54) is 12.1 Å². The Kier molecular flexibility index (Phi) is 9.47. The molecule has 0 heterocycles. The molecule has 1 saturated carbocycles. The average molecular weight is 533 g/mol. The molecule has 0 aromatic heterocycles. The minimum atomic E-state index is -1.03. The van der Waals surface area contributed by atoms with Gasteiger partial charge in [-0.3, -0.25) is 4.79 Å². The van der Waals surface area contributed by atoms with Gasteiger partial charge in [-0.05, 0) is 85.2 Å². The van der Waals surface area contributed by atoms with Crippen LogP contribution in [0.15, 0.2) is 66.7 Å². The number of carbonyl (C=O) groups is 1. The maximum absolute atomic E-state index is 13.9. The zero-order valence-corrected chi connectivity index (χ0v) is 22.1. The number of ether oxygens (including phenoxy) is 1. The first-order chi connectivity index (χ1) is 18.8. The smallest absolute Gasteiger partial charge is 0.251 e.